The molecular formula is C14H15FN4OS. The second-order valence-electron chi connectivity index (χ2n) is 4.85. The van der Waals surface area contributed by atoms with Gasteiger partial charge in [-0.15, -0.1) is 11.8 Å². The van der Waals surface area contributed by atoms with Gasteiger partial charge in [0.05, 0.1) is 12.6 Å². The first-order valence-electron chi connectivity index (χ1n) is 6.76. The van der Waals surface area contributed by atoms with Gasteiger partial charge in [-0.25, -0.2) is 9.37 Å². The molecule has 1 aliphatic rings. The highest BCUT2D eigenvalue weighted by Crippen LogP contribution is 2.36. The van der Waals surface area contributed by atoms with Gasteiger partial charge in [-0.05, 0) is 30.2 Å². The molecule has 1 aliphatic heterocycles. The molecule has 1 aromatic heterocycles. The Balaban J connectivity index is 1.63. The van der Waals surface area contributed by atoms with Crippen molar-refractivity contribution in [2.24, 2.45) is 0 Å². The molecule has 0 bridgehead atoms. The maximum absolute atomic E-state index is 13.4. The number of amides is 1. The van der Waals surface area contributed by atoms with Crippen LogP contribution in [0, 0.1) is 5.82 Å². The minimum Gasteiger partial charge on any atom is -0.349 e. The third-order valence-corrected chi connectivity index (χ3v) is 4.50. The molecule has 7 heteroatoms. The molecule has 3 rings (SSSR count). The van der Waals surface area contributed by atoms with Gasteiger partial charge in [0, 0.05) is 17.1 Å². The number of carbonyl (C=O) groups excluding carboxylic acids is 1. The van der Waals surface area contributed by atoms with E-state index in [0.717, 1.165) is 22.6 Å². The standard InChI is InChI=1S/C14H15FN4OS/c15-10-1-2-13-11(7-10)12(4-6-21-13)18-14(20)3-5-19-9-16-8-17-19/h1-2,7-9,12H,3-6H2,(H,18,20). The van der Waals surface area contributed by atoms with Crippen LogP contribution in [-0.2, 0) is 11.3 Å². The molecule has 0 radical (unpaired) electrons. The van der Waals surface area contributed by atoms with Crippen LogP contribution in [0.15, 0.2) is 35.7 Å². The largest absolute Gasteiger partial charge is 0.349 e. The summed E-state index contributed by atoms with van der Waals surface area (Å²) in [5, 5.41) is 6.94. The lowest BCUT2D eigenvalue weighted by molar-refractivity contribution is -0.122. The Morgan fingerprint density at radius 2 is 2.43 bits per heavy atom. The lowest BCUT2D eigenvalue weighted by Gasteiger charge is -2.26. The molecule has 2 heterocycles. The van der Waals surface area contributed by atoms with Crippen LogP contribution >= 0.6 is 11.8 Å². The smallest absolute Gasteiger partial charge is 0.222 e. The van der Waals surface area contributed by atoms with E-state index in [2.05, 4.69) is 15.4 Å². The summed E-state index contributed by atoms with van der Waals surface area (Å²) in [6, 6.07) is 4.65. The van der Waals surface area contributed by atoms with Gasteiger partial charge in [0.2, 0.25) is 5.91 Å². The van der Waals surface area contributed by atoms with Gasteiger partial charge in [-0.2, -0.15) is 5.10 Å². The second kappa shape index (κ2) is 6.26. The van der Waals surface area contributed by atoms with Crippen molar-refractivity contribution in [3.05, 3.63) is 42.2 Å². The molecule has 0 saturated carbocycles. The first-order chi connectivity index (χ1) is 10.2. The Kier molecular flexibility index (Phi) is 4.19. The van der Waals surface area contributed by atoms with Crippen molar-refractivity contribution in [3.8, 4) is 0 Å². The number of aromatic nitrogens is 3. The number of nitrogens with one attached hydrogen (secondary N) is 1. The van der Waals surface area contributed by atoms with Crippen LogP contribution in [0.5, 0.6) is 0 Å². The summed E-state index contributed by atoms with van der Waals surface area (Å²) < 4.78 is 15.0. The van der Waals surface area contributed by atoms with Gasteiger partial charge in [0.25, 0.3) is 0 Å². The predicted octanol–water partition coefficient (Wildman–Crippen LogP) is 2.16. The molecule has 2 aromatic rings. The molecule has 0 aliphatic carbocycles. The first-order valence-corrected chi connectivity index (χ1v) is 7.75. The highest BCUT2D eigenvalue weighted by atomic mass is 32.2. The Bertz CT molecular complexity index is 632. The second-order valence-corrected chi connectivity index (χ2v) is 5.98. The number of thioether (sulfide) groups is 1. The lowest BCUT2D eigenvalue weighted by Crippen LogP contribution is -2.31. The van der Waals surface area contributed by atoms with Crippen LogP contribution in [0.2, 0.25) is 0 Å². The van der Waals surface area contributed by atoms with Crippen LogP contribution in [0.25, 0.3) is 0 Å². The first kappa shape index (κ1) is 14.1. The summed E-state index contributed by atoms with van der Waals surface area (Å²) in [4.78, 5) is 16.9. The van der Waals surface area contributed by atoms with E-state index < -0.39 is 0 Å². The van der Waals surface area contributed by atoms with Crippen molar-refractivity contribution < 1.29 is 9.18 Å². The minimum atomic E-state index is -0.266. The maximum Gasteiger partial charge on any atom is 0.222 e. The molecule has 1 unspecified atom stereocenters. The Morgan fingerprint density at radius 3 is 3.24 bits per heavy atom. The van der Waals surface area contributed by atoms with Crippen molar-refractivity contribution in [2.75, 3.05) is 5.75 Å². The zero-order chi connectivity index (χ0) is 14.7. The van der Waals surface area contributed by atoms with Gasteiger partial charge in [0.15, 0.2) is 0 Å². The summed E-state index contributed by atoms with van der Waals surface area (Å²) >= 11 is 1.70. The number of hydrogen-bond donors (Lipinski definition) is 1. The molecule has 1 atom stereocenters. The van der Waals surface area contributed by atoms with Crippen LogP contribution < -0.4 is 5.32 Å². The minimum absolute atomic E-state index is 0.0578. The van der Waals surface area contributed by atoms with Crippen molar-refractivity contribution in [1.82, 2.24) is 20.1 Å². The number of nitrogens with zero attached hydrogens (tertiary/aromatic N) is 3. The molecular weight excluding hydrogens is 291 g/mol. The predicted molar refractivity (Wildman–Crippen MR) is 77.3 cm³/mol. The third-order valence-electron chi connectivity index (χ3n) is 3.38. The van der Waals surface area contributed by atoms with Gasteiger partial charge in [-0.3, -0.25) is 9.48 Å². The normalized spacial score (nSPS) is 17.3. The number of benzene rings is 1. The van der Waals surface area contributed by atoms with Gasteiger partial charge in [0.1, 0.15) is 18.5 Å². The summed E-state index contributed by atoms with van der Waals surface area (Å²) in [6.07, 6.45) is 4.17. The van der Waals surface area contributed by atoms with Crippen LogP contribution in [-0.4, -0.2) is 26.4 Å². The quantitative estimate of drug-likeness (QED) is 0.940. The summed E-state index contributed by atoms with van der Waals surface area (Å²) in [6.45, 7) is 0.489. The molecule has 0 saturated heterocycles. The van der Waals surface area contributed by atoms with E-state index >= 15 is 0 Å². The summed E-state index contributed by atoms with van der Waals surface area (Å²) in [7, 11) is 0. The SMILES string of the molecule is O=C(CCn1cncn1)NC1CCSc2ccc(F)cc21. The van der Waals surface area contributed by atoms with E-state index in [1.807, 2.05) is 0 Å². The van der Waals surface area contributed by atoms with Crippen molar-refractivity contribution in [2.45, 2.75) is 30.3 Å². The fourth-order valence-corrected chi connectivity index (χ4v) is 3.45. The van der Waals surface area contributed by atoms with E-state index in [1.54, 1.807) is 28.8 Å². The highest BCUT2D eigenvalue weighted by molar-refractivity contribution is 7.99. The molecule has 1 N–H and O–H groups in total. The average Bonchev–Trinajstić information content (AvgIpc) is 2.99. The molecule has 110 valence electrons. The molecule has 21 heavy (non-hydrogen) atoms. The van der Waals surface area contributed by atoms with Crippen molar-refractivity contribution in [1.29, 1.82) is 0 Å². The molecule has 0 fully saturated rings. The van der Waals surface area contributed by atoms with Crippen LogP contribution in [0.3, 0.4) is 0 Å². The number of halogens is 1. The number of hydrogen-bond acceptors (Lipinski definition) is 4. The number of carbonyl (C=O) groups is 1. The zero-order valence-corrected chi connectivity index (χ0v) is 12.1. The fraction of sp³-hybridized carbons (Fsp3) is 0.357. The average molecular weight is 306 g/mol. The summed E-state index contributed by atoms with van der Waals surface area (Å²) in [5.41, 5.74) is 0.875. The van der Waals surface area contributed by atoms with E-state index in [1.165, 1.54) is 18.5 Å². The molecule has 1 amide bonds. The Labute approximate surface area is 125 Å². The van der Waals surface area contributed by atoms with E-state index in [9.17, 15) is 9.18 Å². The highest BCUT2D eigenvalue weighted by Gasteiger charge is 2.22. The Morgan fingerprint density at radius 1 is 1.52 bits per heavy atom. The van der Waals surface area contributed by atoms with Crippen molar-refractivity contribution >= 4 is 17.7 Å². The van der Waals surface area contributed by atoms with E-state index in [0.29, 0.717) is 13.0 Å². The van der Waals surface area contributed by atoms with Crippen LogP contribution in [0.1, 0.15) is 24.4 Å². The van der Waals surface area contributed by atoms with E-state index in [4.69, 9.17) is 0 Å². The lowest BCUT2D eigenvalue weighted by atomic mass is 10.0. The number of fused-ring (bicyclic) bond motifs is 1. The molecule has 5 nitrogen and oxygen atoms in total. The fourth-order valence-electron chi connectivity index (χ4n) is 2.35. The van der Waals surface area contributed by atoms with Crippen molar-refractivity contribution in [3.63, 3.8) is 0 Å². The monoisotopic (exact) mass is 306 g/mol. The van der Waals surface area contributed by atoms with Gasteiger partial charge < -0.3 is 5.32 Å². The molecule has 1 aromatic carbocycles. The number of rotatable bonds is 4. The number of aryl methyl sites for hydroxylation is 1. The van der Waals surface area contributed by atoms with Crippen LogP contribution in [0.4, 0.5) is 4.39 Å². The van der Waals surface area contributed by atoms with Gasteiger partial charge >= 0.3 is 0 Å². The Hall–Kier alpha value is -1.89. The summed E-state index contributed by atoms with van der Waals surface area (Å²) in [5.74, 6) is 0.600. The van der Waals surface area contributed by atoms with Gasteiger partial charge in [-0.1, -0.05) is 0 Å². The third kappa shape index (κ3) is 3.41. The maximum atomic E-state index is 13.4. The topological polar surface area (TPSA) is 59.8 Å². The zero-order valence-electron chi connectivity index (χ0n) is 11.3. The molecule has 0 spiro atoms. The van der Waals surface area contributed by atoms with E-state index in [-0.39, 0.29) is 17.8 Å².